The summed E-state index contributed by atoms with van der Waals surface area (Å²) in [5.41, 5.74) is -5.70. The van der Waals surface area contributed by atoms with Gasteiger partial charge in [-0.3, -0.25) is 0 Å². The fourth-order valence-corrected chi connectivity index (χ4v) is 7.49. The van der Waals surface area contributed by atoms with Crippen LogP contribution in [0.15, 0.2) is 41.5 Å². The molecule has 0 spiro atoms. The Labute approximate surface area is 294 Å². The average molecular weight is 959 g/mol. The number of carbonyl (C=O) groups is 1. The molecule has 11 heteroatoms. The van der Waals surface area contributed by atoms with Gasteiger partial charge in [0.2, 0.25) is 0 Å². The van der Waals surface area contributed by atoms with Crippen LogP contribution >= 0.6 is 0 Å². The number of hydrogen-bond donors (Lipinski definition) is 6. The molecule has 3 aliphatic carbocycles. The molecule has 2 saturated carbocycles. The van der Waals surface area contributed by atoms with Crippen molar-refractivity contribution in [2.75, 3.05) is 6.61 Å². The minimum Gasteiger partial charge on any atom is -0.455 e. The maximum atomic E-state index is 13.4. The van der Waals surface area contributed by atoms with E-state index >= 15 is 0 Å². The second kappa shape index (κ2) is 11.3. The van der Waals surface area contributed by atoms with Crippen molar-refractivity contribution in [3.05, 3.63) is 47.0 Å². The molecule has 2 radical (unpaired) electrons. The van der Waals surface area contributed by atoms with Crippen LogP contribution in [0, 0.1) is 105 Å². The van der Waals surface area contributed by atoms with E-state index in [2.05, 4.69) is 0 Å². The van der Waals surface area contributed by atoms with E-state index in [4.69, 9.17) is 9.47 Å². The Balaban J connectivity index is 0.00000200. The molecule has 1 aromatic carbocycles. The van der Waals surface area contributed by atoms with Gasteiger partial charge in [0.15, 0.2) is 0 Å². The van der Waals surface area contributed by atoms with E-state index < -0.39 is 70.5 Å². The van der Waals surface area contributed by atoms with E-state index in [-0.39, 0.29) is 119 Å². The third-order valence-electron chi connectivity index (χ3n) is 9.87. The van der Waals surface area contributed by atoms with Gasteiger partial charge in [0.05, 0.1) is 36.6 Å². The van der Waals surface area contributed by atoms with E-state index in [0.29, 0.717) is 5.57 Å². The molecule has 4 aliphatic rings. The Morgan fingerprint density at radius 2 is 1.63 bits per heavy atom. The van der Waals surface area contributed by atoms with E-state index in [1.165, 1.54) is 6.92 Å². The normalized spacial score (nSPS) is 45.1. The molecule has 5 rings (SSSR count). The van der Waals surface area contributed by atoms with Crippen molar-refractivity contribution >= 4 is 5.97 Å². The Bertz CT molecular complexity index is 1100. The van der Waals surface area contributed by atoms with Crippen LogP contribution < -0.4 is 0 Å². The largest absolute Gasteiger partial charge is 0.455 e. The first-order chi connectivity index (χ1) is 16.7. The summed E-state index contributed by atoms with van der Waals surface area (Å²) >= 11 is 0. The predicted molar refractivity (Wildman–Crippen MR) is 127 cm³/mol. The van der Waals surface area contributed by atoms with Gasteiger partial charge in [0.1, 0.15) is 23.4 Å². The molecule has 3 fully saturated rings. The van der Waals surface area contributed by atoms with Gasteiger partial charge in [-0.25, -0.2) is 4.79 Å². The maximum absolute atomic E-state index is 13.4. The standard InChI is InChI=1S/C27H36O9.2Ac/c1-13-15(28)11-27(34)22(36-23(32)14-8-6-5-7-9-14)20-25(4,16(29)10-17-26(20,33)12-35-17)21(31)19(30)18(13)24(27,2)3;;/h5-9,15-17,19-22,28-31,33-34H,10-12H2,1-4H3;;/t15?,16?,17?,19?,20?,21?,22?,25-,26+,27?;;/m1../s1. The number of aliphatic hydroxyl groups excluding tert-OH is 4. The monoisotopic (exact) mass is 958 g/mol. The fraction of sp³-hybridized carbons (Fsp3) is 0.667. The number of ether oxygens (including phenoxy) is 2. The summed E-state index contributed by atoms with van der Waals surface area (Å²) in [6.07, 6.45) is -8.16. The third-order valence-corrected chi connectivity index (χ3v) is 9.87. The molecular weight excluding hydrogens is 922 g/mol. The molecule has 1 aromatic rings. The molecule has 204 valence electrons. The van der Waals surface area contributed by atoms with Crippen molar-refractivity contribution in [3.63, 3.8) is 0 Å². The zero-order valence-corrected chi connectivity index (χ0v) is 31.6. The molecule has 6 N–H and O–H groups in total. The number of hydrogen-bond acceptors (Lipinski definition) is 9. The fourth-order valence-electron chi connectivity index (χ4n) is 7.49. The summed E-state index contributed by atoms with van der Waals surface area (Å²) in [6, 6.07) is 8.19. The molecule has 10 atom stereocenters. The van der Waals surface area contributed by atoms with E-state index in [1.807, 2.05) is 0 Å². The van der Waals surface area contributed by atoms with Gasteiger partial charge >= 0.3 is 5.97 Å². The summed E-state index contributed by atoms with van der Waals surface area (Å²) in [4.78, 5) is 13.4. The average Bonchev–Trinajstić information content (AvgIpc) is 2.83. The Morgan fingerprint density at radius 3 is 2.18 bits per heavy atom. The van der Waals surface area contributed by atoms with Gasteiger partial charge < -0.3 is 40.1 Å². The van der Waals surface area contributed by atoms with Crippen LogP contribution in [0.4, 0.5) is 0 Å². The molecule has 9 nitrogen and oxygen atoms in total. The van der Waals surface area contributed by atoms with Gasteiger partial charge in [-0.15, -0.1) is 0 Å². The molecule has 0 aromatic heterocycles. The SMILES string of the molecule is CC1=C2C(O)C(O)[C@]3(C)C(O)CC4OC[C@@]4(O)C3C(OC(=O)c3ccccc3)C(O)(CC1O)C2(C)C.[Ac].[Ac]. The van der Waals surface area contributed by atoms with E-state index in [1.54, 1.807) is 51.1 Å². The quantitative estimate of drug-likeness (QED) is 0.182. The molecule has 2 bridgehead atoms. The van der Waals surface area contributed by atoms with Crippen LogP contribution in [0.5, 0.6) is 0 Å². The van der Waals surface area contributed by atoms with Crippen molar-refractivity contribution in [1.29, 1.82) is 0 Å². The van der Waals surface area contributed by atoms with Crippen LogP contribution in [0.25, 0.3) is 0 Å². The van der Waals surface area contributed by atoms with Crippen molar-refractivity contribution in [2.45, 2.75) is 88.4 Å². The summed E-state index contributed by atoms with van der Waals surface area (Å²) in [5, 5.41) is 69.8. The summed E-state index contributed by atoms with van der Waals surface area (Å²) in [5.74, 6) is -1.99. The van der Waals surface area contributed by atoms with Crippen molar-refractivity contribution in [1.82, 2.24) is 0 Å². The van der Waals surface area contributed by atoms with Gasteiger partial charge in [-0.05, 0) is 30.2 Å². The molecule has 1 saturated heterocycles. The van der Waals surface area contributed by atoms with Crippen LogP contribution in [-0.4, -0.2) is 91.0 Å². The zero-order chi connectivity index (χ0) is 26.4. The number of benzene rings is 1. The number of carbonyl (C=O) groups excluding carboxylic acids is 1. The summed E-state index contributed by atoms with van der Waals surface area (Å²) in [6.45, 7) is 6.34. The van der Waals surface area contributed by atoms with Crippen molar-refractivity contribution in [3.8, 4) is 0 Å². The third kappa shape index (κ3) is 4.53. The van der Waals surface area contributed by atoms with Crippen molar-refractivity contribution in [2.24, 2.45) is 16.7 Å². The van der Waals surface area contributed by atoms with Crippen LogP contribution in [0.2, 0.25) is 0 Å². The number of esters is 1. The second-order valence-corrected chi connectivity index (χ2v) is 11.8. The first kappa shape index (κ1) is 33.5. The minimum atomic E-state index is -1.98. The van der Waals surface area contributed by atoms with Gasteiger partial charge in [-0.2, -0.15) is 0 Å². The van der Waals surface area contributed by atoms with Gasteiger partial charge in [0.25, 0.3) is 0 Å². The number of rotatable bonds is 2. The van der Waals surface area contributed by atoms with Crippen LogP contribution in [0.3, 0.4) is 0 Å². The minimum absolute atomic E-state index is 0. The van der Waals surface area contributed by atoms with E-state index in [0.717, 1.165) is 0 Å². The summed E-state index contributed by atoms with van der Waals surface area (Å²) < 4.78 is 11.6. The molecule has 1 heterocycles. The molecule has 1 aliphatic heterocycles. The maximum Gasteiger partial charge on any atom is 0.338 e. The van der Waals surface area contributed by atoms with Crippen LogP contribution in [-0.2, 0) is 9.47 Å². The number of fused-ring (bicyclic) bond motifs is 5. The Morgan fingerprint density at radius 1 is 1.03 bits per heavy atom. The van der Waals surface area contributed by atoms with Gasteiger partial charge in [-0.1, -0.05) is 39.0 Å². The predicted octanol–water partition coefficient (Wildman–Crippen LogP) is 0.303. The number of aliphatic hydroxyl groups is 6. The first-order valence-corrected chi connectivity index (χ1v) is 12.5. The molecule has 38 heavy (non-hydrogen) atoms. The van der Waals surface area contributed by atoms with Crippen LogP contribution in [0.1, 0.15) is 50.9 Å². The summed E-state index contributed by atoms with van der Waals surface area (Å²) in [7, 11) is 0. The molecule has 8 unspecified atom stereocenters. The van der Waals surface area contributed by atoms with Gasteiger partial charge in [0, 0.05) is 118 Å². The molecular formula is C27H36Ac2O9. The van der Waals surface area contributed by atoms with Crippen molar-refractivity contribution < 1.29 is 133 Å². The smallest absolute Gasteiger partial charge is 0.338 e. The molecule has 0 amide bonds. The zero-order valence-electron chi connectivity index (χ0n) is 22.1. The topological polar surface area (TPSA) is 157 Å². The second-order valence-electron chi connectivity index (χ2n) is 11.8. The Kier molecular flexibility index (Phi) is 9.95. The first-order valence-electron chi connectivity index (χ1n) is 12.5. The Hall–Kier alpha value is 1.03. The van der Waals surface area contributed by atoms with E-state index in [9.17, 15) is 35.4 Å².